The highest BCUT2D eigenvalue weighted by Gasteiger charge is 2.43. The van der Waals surface area contributed by atoms with Crippen LogP contribution in [-0.4, -0.2) is 30.8 Å². The molecule has 0 spiro atoms. The van der Waals surface area contributed by atoms with Crippen LogP contribution in [0.5, 0.6) is 23.0 Å². The molecule has 206 valence electrons. The van der Waals surface area contributed by atoms with Gasteiger partial charge in [0, 0.05) is 6.54 Å². The van der Waals surface area contributed by atoms with Crippen molar-refractivity contribution in [2.45, 2.75) is 39.3 Å². The van der Waals surface area contributed by atoms with E-state index < -0.39 is 23.2 Å². The topological polar surface area (TPSA) is 87.4 Å². The monoisotopic (exact) mass is 545 g/mol. The Balaban J connectivity index is 1.48. The molecule has 3 aromatic carbocycles. The van der Waals surface area contributed by atoms with Crippen LogP contribution in [0, 0.1) is 5.82 Å². The lowest BCUT2D eigenvalue weighted by Gasteiger charge is -2.26. The Morgan fingerprint density at radius 1 is 0.950 bits per heavy atom. The van der Waals surface area contributed by atoms with Crippen LogP contribution < -0.4 is 24.4 Å². The van der Waals surface area contributed by atoms with Crippen LogP contribution in [0.15, 0.2) is 63.8 Å². The van der Waals surface area contributed by atoms with Crippen molar-refractivity contribution in [3.05, 3.63) is 93.1 Å². The van der Waals surface area contributed by atoms with Crippen LogP contribution in [-0.2, 0) is 6.54 Å². The Morgan fingerprint density at radius 3 is 2.62 bits per heavy atom. The van der Waals surface area contributed by atoms with Crippen LogP contribution >= 0.6 is 0 Å². The summed E-state index contributed by atoms with van der Waals surface area (Å²) in [5, 5.41) is 0.0750. The first-order chi connectivity index (χ1) is 19.5. The standard InChI is InChI=1S/C31H28FNO7/c1-3-5-12-37-23-10-7-19(14-26(23)36-4-2)28-27-29(34)21-15-20(32)8-11-22(21)40-30(27)31(35)33(28)16-18-6-9-24-25(13-18)39-17-38-24/h6-11,13-15,28H,3-5,12,16-17H2,1-2H3/t28-/m0/s1. The molecular formula is C31H28FNO7. The molecule has 0 bridgehead atoms. The highest BCUT2D eigenvalue weighted by Crippen LogP contribution is 2.42. The van der Waals surface area contributed by atoms with Crippen LogP contribution in [0.25, 0.3) is 11.0 Å². The molecule has 4 aromatic rings. The van der Waals surface area contributed by atoms with E-state index in [9.17, 15) is 14.0 Å². The predicted octanol–water partition coefficient (Wildman–Crippen LogP) is 5.98. The highest BCUT2D eigenvalue weighted by molar-refractivity contribution is 5.99. The summed E-state index contributed by atoms with van der Waals surface area (Å²) in [6.45, 7) is 5.19. The largest absolute Gasteiger partial charge is 0.490 e. The number of unbranched alkanes of at least 4 members (excludes halogenated alkanes) is 1. The molecule has 2 aliphatic heterocycles. The molecule has 0 fully saturated rings. The van der Waals surface area contributed by atoms with Gasteiger partial charge in [0.2, 0.25) is 12.6 Å². The van der Waals surface area contributed by atoms with Crippen molar-refractivity contribution in [2.24, 2.45) is 0 Å². The van der Waals surface area contributed by atoms with Crippen molar-refractivity contribution >= 4 is 16.9 Å². The van der Waals surface area contributed by atoms with Crippen molar-refractivity contribution in [3.8, 4) is 23.0 Å². The summed E-state index contributed by atoms with van der Waals surface area (Å²) in [5.74, 6) is 1.24. The normalized spacial score (nSPS) is 15.5. The molecular weight excluding hydrogens is 517 g/mol. The van der Waals surface area contributed by atoms with Crippen LogP contribution in [0.4, 0.5) is 4.39 Å². The number of rotatable bonds is 9. The lowest BCUT2D eigenvalue weighted by Crippen LogP contribution is -2.29. The molecule has 0 radical (unpaired) electrons. The van der Waals surface area contributed by atoms with Gasteiger partial charge in [-0.3, -0.25) is 9.59 Å². The Morgan fingerprint density at radius 2 is 1.80 bits per heavy atom. The fraction of sp³-hybridized carbons (Fsp3) is 0.290. The van der Waals surface area contributed by atoms with E-state index in [0.717, 1.165) is 24.5 Å². The van der Waals surface area contributed by atoms with Gasteiger partial charge in [-0.1, -0.05) is 25.5 Å². The van der Waals surface area contributed by atoms with Crippen molar-refractivity contribution in [1.82, 2.24) is 4.90 Å². The average molecular weight is 546 g/mol. The van der Waals surface area contributed by atoms with Gasteiger partial charge in [-0.2, -0.15) is 0 Å². The summed E-state index contributed by atoms with van der Waals surface area (Å²) in [7, 11) is 0. The first-order valence-corrected chi connectivity index (χ1v) is 13.3. The van der Waals surface area contributed by atoms with Crippen molar-refractivity contribution < 1.29 is 32.5 Å². The summed E-state index contributed by atoms with van der Waals surface area (Å²) in [6.07, 6.45) is 1.88. The fourth-order valence-corrected chi connectivity index (χ4v) is 5.15. The van der Waals surface area contributed by atoms with Gasteiger partial charge in [0.15, 0.2) is 28.4 Å². The van der Waals surface area contributed by atoms with Gasteiger partial charge in [-0.15, -0.1) is 0 Å². The summed E-state index contributed by atoms with van der Waals surface area (Å²) >= 11 is 0. The third-order valence-electron chi connectivity index (χ3n) is 7.06. The number of hydrogen-bond acceptors (Lipinski definition) is 7. The first-order valence-electron chi connectivity index (χ1n) is 13.3. The number of benzene rings is 3. The van der Waals surface area contributed by atoms with Gasteiger partial charge < -0.3 is 28.3 Å². The number of carbonyl (C=O) groups is 1. The number of carbonyl (C=O) groups excluding carboxylic acids is 1. The van der Waals surface area contributed by atoms with Gasteiger partial charge in [-0.25, -0.2) is 4.39 Å². The molecule has 9 heteroatoms. The van der Waals surface area contributed by atoms with E-state index in [4.69, 9.17) is 23.4 Å². The van der Waals surface area contributed by atoms with Gasteiger partial charge in [0.1, 0.15) is 11.4 Å². The number of fused-ring (bicyclic) bond motifs is 3. The second-order valence-corrected chi connectivity index (χ2v) is 9.68. The Bertz CT molecular complexity index is 1660. The molecule has 2 aliphatic rings. The van der Waals surface area contributed by atoms with Gasteiger partial charge in [-0.05, 0) is 66.9 Å². The molecule has 0 unspecified atom stereocenters. The van der Waals surface area contributed by atoms with E-state index in [0.29, 0.717) is 41.8 Å². The molecule has 0 aliphatic carbocycles. The minimum atomic E-state index is -0.805. The number of hydrogen-bond donors (Lipinski definition) is 0. The van der Waals surface area contributed by atoms with E-state index in [1.165, 1.54) is 12.1 Å². The molecule has 0 N–H and O–H groups in total. The molecule has 8 nitrogen and oxygen atoms in total. The van der Waals surface area contributed by atoms with Crippen molar-refractivity contribution in [2.75, 3.05) is 20.0 Å². The van der Waals surface area contributed by atoms with Crippen molar-refractivity contribution in [1.29, 1.82) is 0 Å². The number of amides is 1. The van der Waals surface area contributed by atoms with Crippen LogP contribution in [0.3, 0.4) is 0 Å². The summed E-state index contributed by atoms with van der Waals surface area (Å²) < 4.78 is 42.9. The third kappa shape index (κ3) is 4.51. The van der Waals surface area contributed by atoms with E-state index in [-0.39, 0.29) is 35.6 Å². The Labute approximate surface area is 229 Å². The zero-order valence-electron chi connectivity index (χ0n) is 22.2. The maximum Gasteiger partial charge on any atom is 0.291 e. The fourth-order valence-electron chi connectivity index (χ4n) is 5.15. The summed E-state index contributed by atoms with van der Waals surface area (Å²) in [6, 6.07) is 13.7. The highest BCUT2D eigenvalue weighted by atomic mass is 19.1. The number of halogens is 1. The minimum Gasteiger partial charge on any atom is -0.490 e. The zero-order chi connectivity index (χ0) is 27.8. The Hall–Kier alpha value is -4.53. The minimum absolute atomic E-state index is 0.0592. The molecule has 3 heterocycles. The molecule has 1 aromatic heterocycles. The first kappa shape index (κ1) is 25.7. The van der Waals surface area contributed by atoms with E-state index in [2.05, 4.69) is 6.92 Å². The molecule has 0 saturated carbocycles. The Kier molecular flexibility index (Phi) is 6.79. The molecule has 1 atom stereocenters. The second-order valence-electron chi connectivity index (χ2n) is 9.68. The van der Waals surface area contributed by atoms with Gasteiger partial charge >= 0.3 is 0 Å². The molecule has 0 saturated heterocycles. The summed E-state index contributed by atoms with van der Waals surface area (Å²) in [5.41, 5.74) is 1.27. The molecule has 1 amide bonds. The lowest BCUT2D eigenvalue weighted by molar-refractivity contribution is 0.0714. The summed E-state index contributed by atoms with van der Waals surface area (Å²) in [4.78, 5) is 29.2. The van der Waals surface area contributed by atoms with Gasteiger partial charge in [0.25, 0.3) is 5.91 Å². The maximum absolute atomic E-state index is 14.1. The van der Waals surface area contributed by atoms with Gasteiger partial charge in [0.05, 0.1) is 30.2 Å². The third-order valence-corrected chi connectivity index (χ3v) is 7.06. The molecule has 6 rings (SSSR count). The predicted molar refractivity (Wildman–Crippen MR) is 145 cm³/mol. The number of ether oxygens (including phenoxy) is 4. The lowest BCUT2D eigenvalue weighted by atomic mass is 9.97. The number of nitrogens with zero attached hydrogens (tertiary/aromatic N) is 1. The smallest absolute Gasteiger partial charge is 0.291 e. The van der Waals surface area contributed by atoms with E-state index >= 15 is 0 Å². The van der Waals surface area contributed by atoms with Crippen LogP contribution in [0.2, 0.25) is 0 Å². The zero-order valence-corrected chi connectivity index (χ0v) is 22.2. The average Bonchev–Trinajstić information content (AvgIpc) is 3.53. The SMILES string of the molecule is CCCCOc1ccc([C@H]2c3c(oc4ccc(F)cc4c3=O)C(=O)N2Cc2ccc3c(c2)OCO3)cc1OCC. The van der Waals surface area contributed by atoms with Crippen molar-refractivity contribution in [3.63, 3.8) is 0 Å². The molecule has 40 heavy (non-hydrogen) atoms. The van der Waals surface area contributed by atoms with Crippen LogP contribution in [0.1, 0.15) is 60.0 Å². The van der Waals surface area contributed by atoms with E-state index in [1.807, 2.05) is 25.1 Å². The maximum atomic E-state index is 14.1. The second kappa shape index (κ2) is 10.6. The van der Waals surface area contributed by atoms with E-state index in [1.54, 1.807) is 23.1 Å². The quantitative estimate of drug-likeness (QED) is 0.239.